The highest BCUT2D eigenvalue weighted by atomic mass is 35.6. The summed E-state index contributed by atoms with van der Waals surface area (Å²) in [6.07, 6.45) is 2.55. The lowest BCUT2D eigenvalue weighted by Gasteiger charge is -2.31. The minimum absolute atomic E-state index is 0.111. The summed E-state index contributed by atoms with van der Waals surface area (Å²) >= 11 is 17.8. The molecule has 0 aromatic carbocycles. The van der Waals surface area contributed by atoms with Crippen molar-refractivity contribution < 1.29 is 13.0 Å². The second-order valence-electron chi connectivity index (χ2n) is 4.38. The predicted molar refractivity (Wildman–Crippen MR) is 103 cm³/mol. The fourth-order valence-electron chi connectivity index (χ4n) is 1.45. The molecule has 0 amide bonds. The summed E-state index contributed by atoms with van der Waals surface area (Å²) in [5, 5.41) is 2.60. The van der Waals surface area contributed by atoms with Crippen LogP contribution in [0.4, 0.5) is 0 Å². The highest BCUT2D eigenvalue weighted by Gasteiger charge is 2.49. The average molecular weight is 444 g/mol. The highest BCUT2D eigenvalue weighted by Crippen LogP contribution is 2.61. The molecule has 0 radical (unpaired) electrons. The molecule has 1 N–H and O–H groups in total. The van der Waals surface area contributed by atoms with Gasteiger partial charge in [-0.25, -0.2) is 13.5 Å². The fourth-order valence-corrected chi connectivity index (χ4v) is 9.82. The Morgan fingerprint density at radius 3 is 2.30 bits per heavy atom. The van der Waals surface area contributed by atoms with E-state index >= 15 is 0 Å². The number of sulfonamides is 1. The van der Waals surface area contributed by atoms with E-state index in [0.29, 0.717) is 12.2 Å². The topological polar surface area (TPSA) is 66.5 Å². The molecule has 0 aliphatic rings. The van der Waals surface area contributed by atoms with Crippen LogP contribution >= 0.6 is 52.8 Å². The summed E-state index contributed by atoms with van der Waals surface area (Å²) in [6.45, 7) is 0.238. The zero-order valence-electron chi connectivity index (χ0n) is 13.3. The van der Waals surface area contributed by atoms with Crippen LogP contribution in [-0.2, 0) is 14.6 Å². The van der Waals surface area contributed by atoms with Gasteiger partial charge in [-0.1, -0.05) is 66.5 Å². The Morgan fingerprint density at radius 1 is 1.26 bits per heavy atom. The van der Waals surface area contributed by atoms with Gasteiger partial charge in [-0.3, -0.25) is 4.57 Å². The van der Waals surface area contributed by atoms with Crippen molar-refractivity contribution in [2.45, 2.75) is 42.7 Å². The number of halogens is 3. The Morgan fingerprint density at radius 2 is 1.87 bits per heavy atom. The molecule has 0 heterocycles. The van der Waals surface area contributed by atoms with Gasteiger partial charge in [-0.05, 0) is 13.5 Å². The van der Waals surface area contributed by atoms with E-state index in [1.807, 2.05) is 13.8 Å². The van der Waals surface area contributed by atoms with Gasteiger partial charge >= 0.3 is 3.12 Å². The van der Waals surface area contributed by atoms with Crippen LogP contribution in [0, 0.1) is 11.8 Å². The smallest absolute Gasteiger partial charge is 0.276 e. The fraction of sp³-hybridized carbons (Fsp3) is 0.833. The molecule has 1 atom stereocenters. The van der Waals surface area contributed by atoms with Gasteiger partial charge in [-0.2, -0.15) is 0 Å². The number of nitrogens with zero attached hydrogens (tertiary/aromatic N) is 1. The maximum atomic E-state index is 13.1. The molecule has 1 unspecified atom stereocenters. The summed E-state index contributed by atoms with van der Waals surface area (Å²) in [5.41, 5.74) is 0. The highest BCUT2D eigenvalue weighted by molar-refractivity contribution is 8.57. The number of hydrogen-bond donors (Lipinski definition) is 1. The Kier molecular flexibility index (Phi) is 11.2. The quantitative estimate of drug-likeness (QED) is 0.244. The van der Waals surface area contributed by atoms with Crippen molar-refractivity contribution in [1.82, 2.24) is 9.16 Å². The first kappa shape index (κ1) is 23.9. The minimum Gasteiger partial charge on any atom is -0.276 e. The van der Waals surface area contributed by atoms with Gasteiger partial charge in [0, 0.05) is 25.1 Å². The standard InChI is InChI=1S/C12H22Cl3N2O3PS2/c1-4-6-8-9-10-17(23(19,20)12(13,14)15)21(18,16-3)22-11-7-5-2/h4-5,7,9-11H2,1-3H3,(H,16,18). The zero-order chi connectivity index (χ0) is 18.1. The lowest BCUT2D eigenvalue weighted by Crippen LogP contribution is -2.39. The van der Waals surface area contributed by atoms with E-state index in [1.54, 1.807) is 0 Å². The van der Waals surface area contributed by atoms with E-state index in [0.717, 1.165) is 28.3 Å². The summed E-state index contributed by atoms with van der Waals surface area (Å²) < 4.78 is 36.3. The van der Waals surface area contributed by atoms with Gasteiger partial charge in [0.25, 0.3) is 16.7 Å². The second kappa shape index (κ2) is 10.8. The predicted octanol–water partition coefficient (Wildman–Crippen LogP) is 4.61. The molecule has 0 aliphatic carbocycles. The van der Waals surface area contributed by atoms with E-state index in [2.05, 4.69) is 16.9 Å². The first-order valence-electron chi connectivity index (χ1n) is 7.05. The summed E-state index contributed by atoms with van der Waals surface area (Å²) in [6, 6.07) is 0. The molecule has 5 nitrogen and oxygen atoms in total. The van der Waals surface area contributed by atoms with Gasteiger partial charge in [0.2, 0.25) is 0 Å². The van der Waals surface area contributed by atoms with Crippen LogP contribution in [-0.4, -0.2) is 35.0 Å². The van der Waals surface area contributed by atoms with Gasteiger partial charge < -0.3 is 0 Å². The third kappa shape index (κ3) is 7.33. The van der Waals surface area contributed by atoms with Crippen molar-refractivity contribution in [2.24, 2.45) is 0 Å². The van der Waals surface area contributed by atoms with E-state index in [4.69, 9.17) is 34.8 Å². The van der Waals surface area contributed by atoms with Crippen LogP contribution in [0.1, 0.15) is 39.5 Å². The third-order valence-corrected chi connectivity index (χ3v) is 12.3. The molecular formula is C12H22Cl3N2O3PS2. The normalized spacial score (nSPS) is 15.1. The summed E-state index contributed by atoms with van der Waals surface area (Å²) in [4.78, 5) is 0. The van der Waals surface area contributed by atoms with E-state index in [1.165, 1.54) is 7.05 Å². The van der Waals surface area contributed by atoms with Crippen molar-refractivity contribution in [1.29, 1.82) is 0 Å². The van der Waals surface area contributed by atoms with Crippen molar-refractivity contribution >= 4 is 62.9 Å². The molecular weight excluding hydrogens is 422 g/mol. The molecule has 0 bridgehead atoms. The monoisotopic (exact) mass is 442 g/mol. The van der Waals surface area contributed by atoms with E-state index in [-0.39, 0.29) is 13.0 Å². The van der Waals surface area contributed by atoms with Crippen LogP contribution in [0.15, 0.2) is 0 Å². The Labute approximate surface area is 158 Å². The summed E-state index contributed by atoms with van der Waals surface area (Å²) in [7, 11) is -2.99. The SMILES string of the molecule is CCC#CCCN(P(=O)(NC)SCCCC)S(=O)(=O)C(Cl)(Cl)Cl. The molecule has 0 aliphatic heterocycles. The van der Waals surface area contributed by atoms with Crippen LogP contribution in [0.5, 0.6) is 0 Å². The van der Waals surface area contributed by atoms with Crippen molar-refractivity contribution in [3.05, 3.63) is 0 Å². The summed E-state index contributed by atoms with van der Waals surface area (Å²) in [5.74, 6) is 6.17. The van der Waals surface area contributed by atoms with Crippen LogP contribution in [0.25, 0.3) is 0 Å². The lowest BCUT2D eigenvalue weighted by atomic mass is 10.4. The Balaban J connectivity index is 5.59. The first-order chi connectivity index (χ1) is 10.6. The second-order valence-corrected chi connectivity index (χ2v) is 14.5. The van der Waals surface area contributed by atoms with Gasteiger partial charge in [0.05, 0.1) is 0 Å². The van der Waals surface area contributed by atoms with Crippen LogP contribution < -0.4 is 5.09 Å². The minimum atomic E-state index is -4.42. The van der Waals surface area contributed by atoms with Crippen LogP contribution in [0.2, 0.25) is 0 Å². The van der Waals surface area contributed by atoms with E-state index < -0.39 is 19.8 Å². The molecule has 23 heavy (non-hydrogen) atoms. The first-order valence-corrected chi connectivity index (χ1v) is 12.9. The van der Waals surface area contributed by atoms with Crippen molar-refractivity contribution in [3.63, 3.8) is 0 Å². The Hall–Kier alpha value is 0.880. The van der Waals surface area contributed by atoms with Crippen molar-refractivity contribution in [3.8, 4) is 11.8 Å². The number of nitrogens with one attached hydrogen (secondary N) is 1. The van der Waals surface area contributed by atoms with Gasteiger partial charge in [0.1, 0.15) is 0 Å². The molecule has 0 saturated heterocycles. The molecule has 0 fully saturated rings. The molecule has 0 saturated carbocycles. The molecule has 0 rings (SSSR count). The lowest BCUT2D eigenvalue weighted by molar-refractivity contribution is 0.502. The van der Waals surface area contributed by atoms with Crippen LogP contribution in [0.3, 0.4) is 0 Å². The average Bonchev–Trinajstić information content (AvgIpc) is 2.45. The third-order valence-electron chi connectivity index (χ3n) is 2.64. The maximum absolute atomic E-state index is 13.1. The number of unbranched alkanes of at least 4 members (excludes halogenated alkanes) is 1. The van der Waals surface area contributed by atoms with Crippen molar-refractivity contribution in [2.75, 3.05) is 19.3 Å². The largest absolute Gasteiger partial charge is 0.307 e. The maximum Gasteiger partial charge on any atom is 0.307 e. The molecule has 136 valence electrons. The number of rotatable bonds is 9. The van der Waals surface area contributed by atoms with Gasteiger partial charge in [0.15, 0.2) is 0 Å². The molecule has 0 spiro atoms. The molecule has 0 aromatic rings. The molecule has 0 aromatic heterocycles. The zero-order valence-corrected chi connectivity index (χ0v) is 18.1. The molecule has 11 heteroatoms. The van der Waals surface area contributed by atoms with E-state index in [9.17, 15) is 13.0 Å². The Bertz CT molecular complexity index is 570. The number of alkyl halides is 3. The van der Waals surface area contributed by atoms with Gasteiger partial charge in [-0.15, -0.1) is 15.9 Å². The number of hydrogen-bond acceptors (Lipinski definition) is 4.